The van der Waals surface area contributed by atoms with Crippen LogP contribution < -0.4 is 0 Å². The smallest absolute Gasteiger partial charge is 0.294 e. The fourth-order valence-electron chi connectivity index (χ4n) is 1.99. The molecule has 1 unspecified atom stereocenters. The second-order valence-electron chi connectivity index (χ2n) is 5.00. The lowest BCUT2D eigenvalue weighted by atomic mass is 9.98. The average Bonchev–Trinajstić information content (AvgIpc) is 2.52. The lowest BCUT2D eigenvalue weighted by molar-refractivity contribution is -0.137. The molecule has 2 aromatic rings. The van der Waals surface area contributed by atoms with Crippen LogP contribution in [0.2, 0.25) is 0 Å². The molecule has 1 nitrogen and oxygen atoms in total. The number of benzene rings is 2. The van der Waals surface area contributed by atoms with Crippen molar-refractivity contribution < 1.29 is 18.0 Å². The standard InChI is InChI=1S/C18H15F3O/c1-13(17(22)15-5-3-2-4-6-15)7-8-14-9-11-16(12-10-14)18(19,20)21/h2-13H,1H3/b8-7+. The first-order valence-electron chi connectivity index (χ1n) is 6.82. The van der Waals surface area contributed by atoms with Gasteiger partial charge < -0.3 is 0 Å². The molecule has 0 spiro atoms. The Kier molecular flexibility index (Phi) is 4.81. The number of hydrogen-bond donors (Lipinski definition) is 0. The number of halogens is 3. The van der Waals surface area contributed by atoms with Gasteiger partial charge in [0.15, 0.2) is 5.78 Å². The van der Waals surface area contributed by atoms with Crippen molar-refractivity contribution in [2.24, 2.45) is 5.92 Å². The molecule has 0 N–H and O–H groups in total. The summed E-state index contributed by atoms with van der Waals surface area (Å²) in [4.78, 5) is 12.2. The van der Waals surface area contributed by atoms with E-state index >= 15 is 0 Å². The zero-order valence-electron chi connectivity index (χ0n) is 12.0. The maximum Gasteiger partial charge on any atom is 0.416 e. The lowest BCUT2D eigenvalue weighted by Crippen LogP contribution is -2.08. The van der Waals surface area contributed by atoms with Gasteiger partial charge in [-0.05, 0) is 17.7 Å². The lowest BCUT2D eigenvalue weighted by Gasteiger charge is -2.07. The Labute approximate surface area is 127 Å². The minimum Gasteiger partial charge on any atom is -0.294 e. The summed E-state index contributed by atoms with van der Waals surface area (Å²) in [6.45, 7) is 1.76. The highest BCUT2D eigenvalue weighted by molar-refractivity contribution is 5.99. The van der Waals surface area contributed by atoms with E-state index in [4.69, 9.17) is 0 Å². The normalized spacial score (nSPS) is 13.3. The van der Waals surface area contributed by atoms with Gasteiger partial charge in [-0.3, -0.25) is 4.79 Å². The summed E-state index contributed by atoms with van der Waals surface area (Å²) in [6, 6.07) is 13.7. The van der Waals surface area contributed by atoms with E-state index in [9.17, 15) is 18.0 Å². The van der Waals surface area contributed by atoms with E-state index in [0.717, 1.165) is 12.1 Å². The van der Waals surface area contributed by atoms with E-state index in [-0.39, 0.29) is 11.7 Å². The van der Waals surface area contributed by atoms with Gasteiger partial charge in [-0.1, -0.05) is 61.5 Å². The monoisotopic (exact) mass is 304 g/mol. The number of ketones is 1. The topological polar surface area (TPSA) is 17.1 Å². The maximum atomic E-state index is 12.5. The molecule has 0 aliphatic rings. The number of carbonyl (C=O) groups excluding carboxylic acids is 1. The van der Waals surface area contributed by atoms with E-state index in [1.165, 1.54) is 12.1 Å². The summed E-state index contributed by atoms with van der Waals surface area (Å²) in [5.41, 5.74) is 0.561. The molecule has 22 heavy (non-hydrogen) atoms. The molecule has 1 atom stereocenters. The quantitative estimate of drug-likeness (QED) is 0.706. The first-order valence-corrected chi connectivity index (χ1v) is 6.82. The van der Waals surface area contributed by atoms with Crippen LogP contribution in [0.5, 0.6) is 0 Å². The highest BCUT2D eigenvalue weighted by atomic mass is 19.4. The van der Waals surface area contributed by atoms with E-state index in [1.54, 1.807) is 43.3 Å². The van der Waals surface area contributed by atoms with Crippen molar-refractivity contribution in [3.05, 3.63) is 77.4 Å². The molecule has 0 aliphatic heterocycles. The van der Waals surface area contributed by atoms with Crippen molar-refractivity contribution >= 4 is 11.9 Å². The molecule has 114 valence electrons. The summed E-state index contributed by atoms with van der Waals surface area (Å²) >= 11 is 0. The van der Waals surface area contributed by atoms with Crippen molar-refractivity contribution in [2.45, 2.75) is 13.1 Å². The van der Waals surface area contributed by atoms with Crippen LogP contribution in [0, 0.1) is 5.92 Å². The summed E-state index contributed by atoms with van der Waals surface area (Å²) in [5.74, 6) is -0.367. The van der Waals surface area contributed by atoms with E-state index in [2.05, 4.69) is 0 Å². The van der Waals surface area contributed by atoms with Gasteiger partial charge in [-0.2, -0.15) is 13.2 Å². The molecular weight excluding hydrogens is 289 g/mol. The van der Waals surface area contributed by atoms with Crippen molar-refractivity contribution in [1.29, 1.82) is 0 Å². The molecule has 0 saturated carbocycles. The summed E-state index contributed by atoms with van der Waals surface area (Å²) < 4.78 is 37.4. The number of carbonyl (C=O) groups is 1. The zero-order valence-corrected chi connectivity index (χ0v) is 12.0. The molecule has 0 amide bonds. The predicted molar refractivity (Wildman–Crippen MR) is 80.4 cm³/mol. The van der Waals surface area contributed by atoms with Gasteiger partial charge >= 0.3 is 6.18 Å². The van der Waals surface area contributed by atoms with Gasteiger partial charge in [0.1, 0.15) is 0 Å². The molecule has 0 aromatic heterocycles. The van der Waals surface area contributed by atoms with Gasteiger partial charge in [0.25, 0.3) is 0 Å². The minimum atomic E-state index is -4.33. The largest absolute Gasteiger partial charge is 0.416 e. The van der Waals surface area contributed by atoms with Crippen LogP contribution in [0.15, 0.2) is 60.7 Å². The Balaban J connectivity index is 2.07. The summed E-state index contributed by atoms with van der Waals surface area (Å²) in [6.07, 6.45) is -0.984. The van der Waals surface area contributed by atoms with E-state index in [0.29, 0.717) is 11.1 Å². The summed E-state index contributed by atoms with van der Waals surface area (Å²) in [7, 11) is 0. The van der Waals surface area contributed by atoms with Gasteiger partial charge in [-0.15, -0.1) is 0 Å². The van der Waals surface area contributed by atoms with Crippen LogP contribution in [0.1, 0.15) is 28.4 Å². The first-order chi connectivity index (χ1) is 10.4. The number of allylic oxidation sites excluding steroid dienone is 1. The van der Waals surface area contributed by atoms with E-state index in [1.807, 2.05) is 6.07 Å². The van der Waals surface area contributed by atoms with Crippen LogP contribution >= 0.6 is 0 Å². The Morgan fingerprint density at radius 2 is 1.59 bits per heavy atom. The van der Waals surface area contributed by atoms with Gasteiger partial charge in [0.05, 0.1) is 5.56 Å². The Hall–Kier alpha value is -2.36. The van der Waals surface area contributed by atoms with Gasteiger partial charge in [0, 0.05) is 11.5 Å². The molecule has 0 radical (unpaired) electrons. The van der Waals surface area contributed by atoms with Crippen LogP contribution in [-0.2, 0) is 6.18 Å². The number of Topliss-reactive ketones (excluding diaryl/α,β-unsaturated/α-hetero) is 1. The number of hydrogen-bond acceptors (Lipinski definition) is 1. The Morgan fingerprint density at radius 1 is 1.00 bits per heavy atom. The number of rotatable bonds is 4. The zero-order chi connectivity index (χ0) is 16.2. The SMILES string of the molecule is CC(/C=C/c1ccc(C(F)(F)F)cc1)C(=O)c1ccccc1. The molecule has 0 saturated heterocycles. The van der Waals surface area contributed by atoms with Crippen molar-refractivity contribution in [1.82, 2.24) is 0 Å². The molecule has 0 fully saturated rings. The van der Waals surface area contributed by atoms with Crippen LogP contribution in [0.25, 0.3) is 6.08 Å². The first kappa shape index (κ1) is 16.0. The van der Waals surface area contributed by atoms with Gasteiger partial charge in [0.2, 0.25) is 0 Å². The fourth-order valence-corrected chi connectivity index (χ4v) is 1.99. The molecule has 0 aliphatic carbocycles. The van der Waals surface area contributed by atoms with Crippen LogP contribution in [-0.4, -0.2) is 5.78 Å². The maximum absolute atomic E-state index is 12.5. The Morgan fingerprint density at radius 3 is 2.14 bits per heavy atom. The van der Waals surface area contributed by atoms with Crippen molar-refractivity contribution in [2.75, 3.05) is 0 Å². The third-order valence-electron chi connectivity index (χ3n) is 3.29. The predicted octanol–water partition coefficient (Wildman–Crippen LogP) is 5.24. The van der Waals surface area contributed by atoms with Crippen LogP contribution in [0.4, 0.5) is 13.2 Å². The molecule has 0 bridgehead atoms. The second kappa shape index (κ2) is 6.60. The van der Waals surface area contributed by atoms with E-state index < -0.39 is 11.7 Å². The molecular formula is C18H15F3O. The molecule has 2 aromatic carbocycles. The van der Waals surface area contributed by atoms with Crippen molar-refractivity contribution in [3.8, 4) is 0 Å². The summed E-state index contributed by atoms with van der Waals surface area (Å²) in [5, 5.41) is 0. The third-order valence-corrected chi connectivity index (χ3v) is 3.29. The van der Waals surface area contributed by atoms with Crippen molar-refractivity contribution in [3.63, 3.8) is 0 Å². The highest BCUT2D eigenvalue weighted by Gasteiger charge is 2.29. The second-order valence-corrected chi connectivity index (χ2v) is 5.00. The van der Waals surface area contributed by atoms with Gasteiger partial charge in [-0.25, -0.2) is 0 Å². The highest BCUT2D eigenvalue weighted by Crippen LogP contribution is 2.29. The number of alkyl halides is 3. The molecule has 4 heteroatoms. The fraction of sp³-hybridized carbons (Fsp3) is 0.167. The van der Waals surface area contributed by atoms with Crippen LogP contribution in [0.3, 0.4) is 0 Å². The molecule has 0 heterocycles. The Bertz CT molecular complexity index is 655. The molecule has 2 rings (SSSR count). The minimum absolute atomic E-state index is 0.0243. The average molecular weight is 304 g/mol. The third kappa shape index (κ3) is 4.07.